The second kappa shape index (κ2) is 9.33. The van der Waals surface area contributed by atoms with Crippen LogP contribution in [-0.4, -0.2) is 6.21 Å². The minimum atomic E-state index is 0.894. The molecule has 0 spiro atoms. The largest absolute Gasteiger partial charge is 0.361 e. The van der Waals surface area contributed by atoms with Crippen molar-refractivity contribution in [2.75, 3.05) is 5.32 Å². The molecule has 0 aliphatic rings. The maximum atomic E-state index is 7.27. The summed E-state index contributed by atoms with van der Waals surface area (Å²) in [4.78, 5) is 0. The van der Waals surface area contributed by atoms with Crippen molar-refractivity contribution in [1.29, 1.82) is 5.41 Å². The third-order valence-corrected chi connectivity index (χ3v) is 4.45. The van der Waals surface area contributed by atoms with E-state index in [1.165, 1.54) is 11.8 Å². The summed E-state index contributed by atoms with van der Waals surface area (Å²) in [7, 11) is 0. The van der Waals surface area contributed by atoms with Gasteiger partial charge in [-0.3, -0.25) is 0 Å². The Bertz CT molecular complexity index is 1010. The number of rotatable bonds is 7. The molecule has 0 saturated heterocycles. The maximum Gasteiger partial charge on any atom is 0.0459 e. The predicted octanol–water partition coefficient (Wildman–Crippen LogP) is 6.80. The quantitative estimate of drug-likeness (QED) is 0.351. The highest BCUT2D eigenvalue weighted by molar-refractivity contribution is 5.84. The Morgan fingerprint density at radius 1 is 0.821 bits per heavy atom. The van der Waals surface area contributed by atoms with E-state index in [-0.39, 0.29) is 0 Å². The summed E-state index contributed by atoms with van der Waals surface area (Å²) in [6.45, 7) is 6.31. The number of aryl methyl sites for hydroxylation is 1. The zero-order chi connectivity index (χ0) is 19.8. The van der Waals surface area contributed by atoms with E-state index >= 15 is 0 Å². The van der Waals surface area contributed by atoms with E-state index in [4.69, 9.17) is 5.41 Å². The van der Waals surface area contributed by atoms with Crippen LogP contribution in [0.4, 0.5) is 5.69 Å². The predicted molar refractivity (Wildman–Crippen MR) is 123 cm³/mol. The molecule has 0 fully saturated rings. The highest BCUT2D eigenvalue weighted by atomic mass is 14.8. The highest BCUT2D eigenvalue weighted by Crippen LogP contribution is 2.24. The van der Waals surface area contributed by atoms with Crippen LogP contribution >= 0.6 is 0 Å². The first-order chi connectivity index (χ1) is 13.7. The molecule has 0 aliphatic carbocycles. The van der Waals surface area contributed by atoms with Crippen LogP contribution in [0, 0.1) is 12.3 Å². The van der Waals surface area contributed by atoms with Gasteiger partial charge in [-0.05, 0) is 41.3 Å². The third kappa shape index (κ3) is 5.18. The minimum absolute atomic E-state index is 0.894. The summed E-state index contributed by atoms with van der Waals surface area (Å²) >= 11 is 0. The summed E-state index contributed by atoms with van der Waals surface area (Å²) < 4.78 is 0. The minimum Gasteiger partial charge on any atom is -0.361 e. The number of allylic oxidation sites excluding steroid dienone is 2. The molecule has 3 aromatic carbocycles. The summed E-state index contributed by atoms with van der Waals surface area (Å²) in [5.41, 5.74) is 7.39. The molecule has 138 valence electrons. The van der Waals surface area contributed by atoms with Gasteiger partial charge in [0.2, 0.25) is 0 Å². The van der Waals surface area contributed by atoms with Gasteiger partial charge < -0.3 is 10.7 Å². The van der Waals surface area contributed by atoms with Gasteiger partial charge in [-0.1, -0.05) is 91.0 Å². The van der Waals surface area contributed by atoms with Gasteiger partial charge in [0, 0.05) is 23.7 Å². The van der Waals surface area contributed by atoms with E-state index in [9.17, 15) is 0 Å². The van der Waals surface area contributed by atoms with Gasteiger partial charge in [0.05, 0.1) is 0 Å². The Labute approximate surface area is 167 Å². The number of para-hydroxylation sites is 1. The van der Waals surface area contributed by atoms with Crippen LogP contribution in [0.25, 0.3) is 17.7 Å². The second-order valence-electron chi connectivity index (χ2n) is 6.60. The fourth-order valence-electron chi connectivity index (χ4n) is 2.78. The lowest BCUT2D eigenvalue weighted by atomic mass is 10.0. The van der Waals surface area contributed by atoms with E-state index in [1.54, 1.807) is 0 Å². The molecule has 28 heavy (non-hydrogen) atoms. The molecule has 2 N–H and O–H groups in total. The standard InChI is InChI=1S/C26H24N2/c1-20-7-10-23(11-8-20)17-18-28-26-6-4-3-5-25(26)21(2)9-12-22-13-15-24(19-27)16-14-22/h3-19,27-28H,2H2,1H3/b12-9+,18-17+,27-19?. The van der Waals surface area contributed by atoms with Crippen LogP contribution in [0.5, 0.6) is 0 Å². The summed E-state index contributed by atoms with van der Waals surface area (Å²) in [5, 5.41) is 10.6. The molecule has 2 heteroatoms. The maximum absolute atomic E-state index is 7.27. The third-order valence-electron chi connectivity index (χ3n) is 4.45. The van der Waals surface area contributed by atoms with E-state index in [0.29, 0.717) is 0 Å². The van der Waals surface area contributed by atoms with Gasteiger partial charge in [0.1, 0.15) is 0 Å². The lowest BCUT2D eigenvalue weighted by Crippen LogP contribution is -1.92. The number of anilines is 1. The molecule has 0 heterocycles. The van der Waals surface area contributed by atoms with E-state index in [1.807, 2.05) is 60.8 Å². The summed E-state index contributed by atoms with van der Waals surface area (Å²) in [6, 6.07) is 24.4. The molecule has 3 rings (SSSR count). The van der Waals surface area contributed by atoms with Gasteiger partial charge in [0.25, 0.3) is 0 Å². The first-order valence-corrected chi connectivity index (χ1v) is 9.22. The SMILES string of the molecule is C=C(/C=C/c1ccc(C=N)cc1)c1ccccc1N/C=C/c1ccc(C)cc1. The Balaban J connectivity index is 1.71. The Morgan fingerprint density at radius 3 is 2.14 bits per heavy atom. The van der Waals surface area contributed by atoms with Crippen LogP contribution in [0.2, 0.25) is 0 Å². The van der Waals surface area contributed by atoms with Crippen molar-refractivity contribution in [3.63, 3.8) is 0 Å². The molecule has 0 radical (unpaired) electrons. The van der Waals surface area contributed by atoms with Crippen LogP contribution in [0.1, 0.15) is 27.8 Å². The van der Waals surface area contributed by atoms with Crippen molar-refractivity contribution in [2.45, 2.75) is 6.92 Å². The van der Waals surface area contributed by atoms with Gasteiger partial charge in [-0.2, -0.15) is 0 Å². The van der Waals surface area contributed by atoms with Crippen LogP contribution in [0.15, 0.2) is 91.7 Å². The van der Waals surface area contributed by atoms with Crippen molar-refractivity contribution < 1.29 is 0 Å². The zero-order valence-corrected chi connectivity index (χ0v) is 16.0. The summed E-state index contributed by atoms with van der Waals surface area (Å²) in [6.07, 6.45) is 9.41. The Kier molecular flexibility index (Phi) is 6.37. The van der Waals surface area contributed by atoms with Crippen LogP contribution < -0.4 is 5.32 Å². The number of hydrogen-bond acceptors (Lipinski definition) is 2. The Hall–Kier alpha value is -3.65. The van der Waals surface area contributed by atoms with Crippen molar-refractivity contribution in [1.82, 2.24) is 0 Å². The smallest absolute Gasteiger partial charge is 0.0459 e. The molecule has 0 saturated carbocycles. The number of nitrogens with one attached hydrogen (secondary N) is 2. The fraction of sp³-hybridized carbons (Fsp3) is 0.0385. The lowest BCUT2D eigenvalue weighted by Gasteiger charge is -2.09. The van der Waals surface area contributed by atoms with Crippen molar-refractivity contribution >= 4 is 29.6 Å². The van der Waals surface area contributed by atoms with Crippen molar-refractivity contribution in [3.05, 3.63) is 119 Å². The average molecular weight is 364 g/mol. The van der Waals surface area contributed by atoms with E-state index in [2.05, 4.69) is 55.2 Å². The number of hydrogen-bond donors (Lipinski definition) is 2. The molecular weight excluding hydrogens is 340 g/mol. The first-order valence-electron chi connectivity index (χ1n) is 9.22. The van der Waals surface area contributed by atoms with Gasteiger partial charge in [0.15, 0.2) is 0 Å². The van der Waals surface area contributed by atoms with Crippen molar-refractivity contribution in [3.8, 4) is 0 Å². The highest BCUT2D eigenvalue weighted by Gasteiger charge is 2.02. The van der Waals surface area contributed by atoms with E-state index < -0.39 is 0 Å². The molecule has 0 aromatic heterocycles. The molecule has 0 aliphatic heterocycles. The van der Waals surface area contributed by atoms with Crippen LogP contribution in [-0.2, 0) is 0 Å². The monoisotopic (exact) mass is 364 g/mol. The Morgan fingerprint density at radius 2 is 1.43 bits per heavy atom. The number of benzene rings is 3. The van der Waals surface area contributed by atoms with Gasteiger partial charge in [-0.15, -0.1) is 0 Å². The second-order valence-corrected chi connectivity index (χ2v) is 6.60. The summed E-state index contributed by atoms with van der Waals surface area (Å²) in [5.74, 6) is 0. The molecular formula is C26H24N2. The molecule has 0 atom stereocenters. The zero-order valence-electron chi connectivity index (χ0n) is 16.0. The molecule has 0 unspecified atom stereocenters. The molecule has 0 bridgehead atoms. The van der Waals surface area contributed by atoms with E-state index in [0.717, 1.165) is 33.5 Å². The van der Waals surface area contributed by atoms with Crippen molar-refractivity contribution in [2.24, 2.45) is 0 Å². The van der Waals surface area contributed by atoms with Crippen LogP contribution in [0.3, 0.4) is 0 Å². The molecule has 2 nitrogen and oxygen atoms in total. The van der Waals surface area contributed by atoms with Gasteiger partial charge in [-0.25, -0.2) is 0 Å². The van der Waals surface area contributed by atoms with Gasteiger partial charge >= 0.3 is 0 Å². The molecule has 3 aromatic rings. The first kappa shape index (κ1) is 19.1. The average Bonchev–Trinajstić information content (AvgIpc) is 2.74. The lowest BCUT2D eigenvalue weighted by molar-refractivity contribution is 1.46. The topological polar surface area (TPSA) is 35.9 Å². The normalized spacial score (nSPS) is 11.0. The fourth-order valence-corrected chi connectivity index (χ4v) is 2.78. The molecule has 0 amide bonds.